The lowest BCUT2D eigenvalue weighted by Crippen LogP contribution is -2.62. The third-order valence-corrected chi connectivity index (χ3v) is 14.4. The summed E-state index contributed by atoms with van der Waals surface area (Å²) in [4.78, 5) is 70.6. The molecule has 80 heavy (non-hydrogen) atoms. The number of nitrogens with zero attached hydrogens (tertiary/aromatic N) is 10. The first kappa shape index (κ1) is 56.9. The molecule has 6 aromatic rings. The molecule has 0 aliphatic carbocycles. The molecule has 2 N–H and O–H groups in total. The van der Waals surface area contributed by atoms with E-state index < -0.39 is 16.7 Å². The zero-order chi connectivity index (χ0) is 57.3. The first-order chi connectivity index (χ1) is 38.0. The topological polar surface area (TPSA) is 220 Å². The van der Waals surface area contributed by atoms with Crippen molar-refractivity contribution >= 4 is 58.2 Å². The molecule has 20 heteroatoms. The number of hydrogen-bond acceptors (Lipinski definition) is 14. The third kappa shape index (κ3) is 12.5. The molecule has 4 fully saturated rings. The molecule has 20 nitrogen and oxygen atoms in total. The quantitative estimate of drug-likeness (QED) is 0.145. The molecule has 10 rings (SSSR count). The Morgan fingerprint density at radius 1 is 0.600 bits per heavy atom. The highest BCUT2D eigenvalue weighted by molar-refractivity contribution is 6.10. The number of aromatic hydroxyl groups is 2. The summed E-state index contributed by atoms with van der Waals surface area (Å²) in [5.41, 5.74) is 3.98. The third-order valence-electron chi connectivity index (χ3n) is 14.4. The number of ether oxygens (including phenoxy) is 4. The number of hydrogen-bond donors (Lipinski definition) is 2. The second kappa shape index (κ2) is 23.1. The molecule has 4 aromatic heterocycles. The van der Waals surface area contributed by atoms with Crippen molar-refractivity contribution in [3.05, 3.63) is 96.3 Å². The van der Waals surface area contributed by atoms with Gasteiger partial charge >= 0.3 is 12.2 Å². The van der Waals surface area contributed by atoms with Crippen LogP contribution in [0.15, 0.2) is 73.8 Å². The van der Waals surface area contributed by atoms with Crippen LogP contribution in [0.3, 0.4) is 0 Å². The molecule has 4 aliphatic heterocycles. The van der Waals surface area contributed by atoms with Gasteiger partial charge in [0.15, 0.2) is 23.8 Å². The largest absolute Gasteiger partial charge is 0.508 e. The van der Waals surface area contributed by atoms with E-state index in [0.29, 0.717) is 115 Å². The summed E-state index contributed by atoms with van der Waals surface area (Å²) in [5, 5.41) is 30.5. The summed E-state index contributed by atoms with van der Waals surface area (Å²) in [7, 11) is 0. The van der Waals surface area contributed by atoms with E-state index in [1.807, 2.05) is 60.3 Å². The van der Waals surface area contributed by atoms with Crippen molar-refractivity contribution in [3.63, 3.8) is 0 Å². The summed E-state index contributed by atoms with van der Waals surface area (Å²) >= 11 is 0. The average molecular weight is 1100 g/mol. The first-order valence-corrected chi connectivity index (χ1v) is 27.5. The minimum absolute atomic E-state index is 0.144. The fourth-order valence-electron chi connectivity index (χ4n) is 10.5. The van der Waals surface area contributed by atoms with E-state index in [4.69, 9.17) is 39.1 Å². The van der Waals surface area contributed by atoms with Crippen LogP contribution in [0.25, 0.3) is 56.7 Å². The Morgan fingerprint density at radius 2 is 1.01 bits per heavy atom. The molecular formula is C60H74N10O10. The van der Waals surface area contributed by atoms with Gasteiger partial charge in [-0.2, -0.15) is 10.2 Å². The monoisotopic (exact) mass is 1090 g/mol. The summed E-state index contributed by atoms with van der Waals surface area (Å²) in [6, 6.07) is 17.0. The molecule has 424 valence electrons. The number of carbonyl (C=O) groups is 4. The van der Waals surface area contributed by atoms with E-state index in [1.54, 1.807) is 96.9 Å². The lowest BCUT2D eigenvalue weighted by molar-refractivity contribution is -0.0371. The van der Waals surface area contributed by atoms with Crippen molar-refractivity contribution in [3.8, 4) is 34.0 Å². The fourth-order valence-corrected chi connectivity index (χ4v) is 10.5. The van der Waals surface area contributed by atoms with E-state index in [2.05, 4.69) is 13.2 Å². The van der Waals surface area contributed by atoms with Gasteiger partial charge in [-0.1, -0.05) is 13.2 Å². The van der Waals surface area contributed by atoms with E-state index >= 15 is 0 Å². The van der Waals surface area contributed by atoms with Crippen LogP contribution in [0.4, 0.5) is 9.59 Å². The number of phenolic OH excluding ortho intramolecular Hbond substituents is 2. The SMILES string of the molecule is C=Cc1nn(C2CCCCO2)c2nc(-c3ccc(O)cc3)cc(C(=O)N3CCN(C(=O)OC(C)(C)C)CC3(C)C)c12.C=Cc1nn(C2CCCCO2)c2nc(-c3ccc(O)cc3)cc(C(=O)N3CCN(C(=O)OC(C)(C)C)CC3)c12. The van der Waals surface area contributed by atoms with Crippen LogP contribution in [0.1, 0.15) is 138 Å². The number of pyridine rings is 2. The zero-order valence-corrected chi connectivity index (χ0v) is 47.2. The number of aromatic nitrogens is 6. The van der Waals surface area contributed by atoms with Crippen LogP contribution >= 0.6 is 0 Å². The number of amides is 4. The molecule has 2 unspecified atom stereocenters. The predicted molar refractivity (Wildman–Crippen MR) is 304 cm³/mol. The lowest BCUT2D eigenvalue weighted by atomic mass is 9.96. The molecule has 4 aliphatic rings. The summed E-state index contributed by atoms with van der Waals surface area (Å²) in [6.45, 7) is 26.6. The Hall–Kier alpha value is -7.84. The van der Waals surface area contributed by atoms with E-state index in [1.165, 1.54) is 0 Å². The van der Waals surface area contributed by atoms with Crippen LogP contribution in [0.2, 0.25) is 0 Å². The Bertz CT molecular complexity index is 3280. The normalized spacial score (nSPS) is 18.8. The zero-order valence-electron chi connectivity index (χ0n) is 47.2. The van der Waals surface area contributed by atoms with Crippen LogP contribution in [-0.2, 0) is 18.9 Å². The number of benzene rings is 2. The maximum absolute atomic E-state index is 14.4. The number of phenols is 2. The molecule has 8 heterocycles. The van der Waals surface area contributed by atoms with Gasteiger partial charge in [0.2, 0.25) is 0 Å². The number of piperazine rings is 2. The Labute approximate surface area is 466 Å². The van der Waals surface area contributed by atoms with Gasteiger partial charge in [-0.3, -0.25) is 9.59 Å². The number of rotatable bonds is 8. The minimum atomic E-state index is -0.669. The van der Waals surface area contributed by atoms with Crippen molar-refractivity contribution in [2.45, 2.75) is 123 Å². The van der Waals surface area contributed by atoms with Crippen LogP contribution in [0.5, 0.6) is 11.5 Å². The van der Waals surface area contributed by atoms with Gasteiger partial charge in [-0.05, 0) is 167 Å². The van der Waals surface area contributed by atoms with Gasteiger partial charge in [-0.15, -0.1) is 0 Å². The molecule has 0 radical (unpaired) electrons. The summed E-state index contributed by atoms with van der Waals surface area (Å²) in [6.07, 6.45) is 7.55. The smallest absolute Gasteiger partial charge is 0.410 e. The molecule has 0 saturated carbocycles. The van der Waals surface area contributed by atoms with Crippen LogP contribution < -0.4 is 0 Å². The van der Waals surface area contributed by atoms with Gasteiger partial charge in [0.05, 0.1) is 50.2 Å². The van der Waals surface area contributed by atoms with E-state index in [0.717, 1.165) is 49.7 Å². The standard InChI is InChI=1S/C31H39N5O5.C29H35N5O5/c1-7-23-26-22(28(38)35-16-15-34(19-31(35,5)6)29(39)41-30(2,3)4)18-24(20-11-13-21(37)14-12-20)32-27(26)36(33-23)25-10-8-9-17-40-25;1-5-22-25-21(27(36)32-13-15-33(16-14-32)28(37)39-29(2,3)4)18-23(19-9-11-20(35)12-10-19)30-26(25)34(31-22)24-8-6-7-17-38-24/h7,11-14,18,25,37H,1,8-10,15-17,19H2,2-6H3;5,9-12,18,24,35H,1,6-8,13-17H2,2-4H3. The second-order valence-electron chi connectivity index (χ2n) is 23.2. The van der Waals surface area contributed by atoms with Crippen molar-refractivity contribution in [1.82, 2.24) is 49.1 Å². The highest BCUT2D eigenvalue weighted by Crippen LogP contribution is 2.37. The van der Waals surface area contributed by atoms with Gasteiger partial charge in [0, 0.05) is 70.2 Å². The number of fused-ring (bicyclic) bond motifs is 2. The summed E-state index contributed by atoms with van der Waals surface area (Å²) < 4.78 is 26.7. The highest BCUT2D eigenvalue weighted by Gasteiger charge is 2.41. The molecule has 2 atom stereocenters. The molecular weight excluding hydrogens is 1020 g/mol. The van der Waals surface area contributed by atoms with Gasteiger partial charge < -0.3 is 48.8 Å². The molecule has 0 spiro atoms. The molecule has 0 bridgehead atoms. The van der Waals surface area contributed by atoms with Crippen molar-refractivity contribution in [2.75, 3.05) is 59.0 Å². The lowest BCUT2D eigenvalue weighted by Gasteiger charge is -2.47. The predicted octanol–water partition coefficient (Wildman–Crippen LogP) is 10.5. The minimum Gasteiger partial charge on any atom is -0.508 e. The van der Waals surface area contributed by atoms with E-state index in [9.17, 15) is 29.4 Å². The highest BCUT2D eigenvalue weighted by atomic mass is 16.6. The van der Waals surface area contributed by atoms with Gasteiger partial charge in [0.25, 0.3) is 11.8 Å². The van der Waals surface area contributed by atoms with Gasteiger partial charge in [0.1, 0.15) is 22.7 Å². The molecule has 4 saturated heterocycles. The van der Waals surface area contributed by atoms with Crippen molar-refractivity contribution in [1.29, 1.82) is 0 Å². The second-order valence-corrected chi connectivity index (χ2v) is 23.2. The Morgan fingerprint density at radius 3 is 1.41 bits per heavy atom. The van der Waals surface area contributed by atoms with Crippen LogP contribution in [-0.4, -0.2) is 159 Å². The first-order valence-electron chi connectivity index (χ1n) is 27.5. The van der Waals surface area contributed by atoms with Crippen molar-refractivity contribution in [2.24, 2.45) is 0 Å². The Balaban J connectivity index is 0.000000194. The maximum Gasteiger partial charge on any atom is 0.410 e. The fraction of sp³-hybridized carbons (Fsp3) is 0.467. The van der Waals surface area contributed by atoms with Crippen molar-refractivity contribution < 1.29 is 48.3 Å². The number of carbonyl (C=O) groups excluding carboxylic acids is 4. The molecule has 4 amide bonds. The van der Waals surface area contributed by atoms with Gasteiger partial charge in [-0.25, -0.2) is 28.9 Å². The molecule has 2 aromatic carbocycles. The van der Waals surface area contributed by atoms with E-state index in [-0.39, 0.29) is 48.0 Å². The maximum atomic E-state index is 14.4. The summed E-state index contributed by atoms with van der Waals surface area (Å²) in [5.74, 6) is -0.0594. The Kier molecular flexibility index (Phi) is 16.4. The average Bonchev–Trinajstić information content (AvgIpc) is 4.18. The van der Waals surface area contributed by atoms with Crippen LogP contribution in [0, 0.1) is 0 Å².